The smallest absolute Gasteiger partial charge is 1.00 e. The Morgan fingerprint density at radius 2 is 1.67 bits per heavy atom. The number of aliphatic carboxylic acids is 1. The molecule has 0 aliphatic rings. The molecule has 0 aromatic heterocycles. The van der Waals surface area contributed by atoms with Gasteiger partial charge in [0.1, 0.15) is 0 Å². The summed E-state index contributed by atoms with van der Waals surface area (Å²) in [6.07, 6.45) is 0. The van der Waals surface area contributed by atoms with E-state index in [1.807, 2.05) is 0 Å². The van der Waals surface area contributed by atoms with E-state index < -0.39 is 5.97 Å². The summed E-state index contributed by atoms with van der Waals surface area (Å²) in [7, 11) is 0. The predicted molar refractivity (Wildman–Crippen MR) is 27.1 cm³/mol. The van der Waals surface area contributed by atoms with E-state index in [9.17, 15) is 9.90 Å². The van der Waals surface area contributed by atoms with Gasteiger partial charge in [-0.2, -0.15) is 0 Å². The molecule has 0 fully saturated rings. The molecule has 0 aliphatic carbocycles. The van der Waals surface area contributed by atoms with Gasteiger partial charge in [-0.25, -0.2) is 0 Å². The molecule has 0 aliphatic heterocycles. The fraction of sp³-hybridized carbons (Fsp3) is 0.250. The first-order chi connectivity index (χ1) is 2.64. The number of rotatable bonds is 1. The van der Waals surface area contributed by atoms with Gasteiger partial charge in [0.15, 0.2) is 0 Å². The molecule has 54 valence electrons. The Bertz CT molecular complexity index is 82.6. The normalized spacial score (nSPS) is 5.00. The van der Waals surface area contributed by atoms with Crippen LogP contribution in [0.1, 0.15) is 6.92 Å². The van der Waals surface area contributed by atoms with Crippen molar-refractivity contribution in [3.05, 3.63) is 12.2 Å². The van der Waals surface area contributed by atoms with Gasteiger partial charge < -0.3 is 22.3 Å². The standard InChI is InChI=1S/C4H6O2.2ClH.Cr/c1-3(2)4(5)6;;;/h1H2,2H3,(H,5,6);2*1H;/q;;;+2/p-2. The summed E-state index contributed by atoms with van der Waals surface area (Å²) in [5.41, 5.74) is 0.0648. The Kier molecular flexibility index (Phi) is 28.3. The quantitative estimate of drug-likeness (QED) is 0.425. The Morgan fingerprint density at radius 3 is 1.67 bits per heavy atom. The molecular formula is C4H6Cl2CrO2. The topological polar surface area (TPSA) is 40.1 Å². The molecule has 9 heavy (non-hydrogen) atoms. The maximum Gasteiger partial charge on any atom is 2.00 e. The Morgan fingerprint density at radius 1 is 1.56 bits per heavy atom. The van der Waals surface area contributed by atoms with Gasteiger partial charge in [0.05, 0.1) is 5.97 Å². The summed E-state index contributed by atoms with van der Waals surface area (Å²) in [4.78, 5) is 9.49. The SMILES string of the molecule is C=C(C)C(=O)[O-].Cl.[Cl-].[Cr+2]. The first-order valence-electron chi connectivity index (χ1n) is 1.51. The molecule has 5 heteroatoms. The van der Waals surface area contributed by atoms with Crippen LogP contribution < -0.4 is 17.5 Å². The summed E-state index contributed by atoms with van der Waals surface area (Å²) < 4.78 is 0. The summed E-state index contributed by atoms with van der Waals surface area (Å²) in [5, 5.41) is 9.49. The van der Waals surface area contributed by atoms with E-state index in [1.54, 1.807) is 0 Å². The van der Waals surface area contributed by atoms with Crippen molar-refractivity contribution in [3.8, 4) is 0 Å². The monoisotopic (exact) mass is 208 g/mol. The van der Waals surface area contributed by atoms with Crippen LogP contribution in [0.4, 0.5) is 0 Å². The summed E-state index contributed by atoms with van der Waals surface area (Å²) in [6.45, 7) is 4.48. The number of carboxylic acids is 1. The zero-order valence-electron chi connectivity index (χ0n) is 4.72. The molecule has 0 spiro atoms. The zero-order chi connectivity index (χ0) is 5.15. The average Bonchev–Trinajstić information content (AvgIpc) is 1.36. The second-order valence-electron chi connectivity index (χ2n) is 1.07. The molecule has 0 bridgehead atoms. The van der Waals surface area contributed by atoms with Crippen LogP contribution >= 0.6 is 12.4 Å². The van der Waals surface area contributed by atoms with Crippen molar-refractivity contribution in [1.29, 1.82) is 0 Å². The van der Waals surface area contributed by atoms with Crippen LogP contribution in [0.25, 0.3) is 0 Å². The van der Waals surface area contributed by atoms with Crippen molar-refractivity contribution in [3.63, 3.8) is 0 Å². The number of halogens is 2. The second kappa shape index (κ2) is 11.2. The molecule has 0 aromatic rings. The van der Waals surface area contributed by atoms with Gasteiger partial charge in [0, 0.05) is 0 Å². The number of carbonyl (C=O) groups excluding carboxylic acids is 1. The van der Waals surface area contributed by atoms with Crippen molar-refractivity contribution in [2.45, 2.75) is 6.92 Å². The summed E-state index contributed by atoms with van der Waals surface area (Å²) in [6, 6.07) is 0. The van der Waals surface area contributed by atoms with Crippen LogP contribution in [0.5, 0.6) is 0 Å². The van der Waals surface area contributed by atoms with Crippen molar-refractivity contribution in [2.75, 3.05) is 0 Å². The first kappa shape index (κ1) is 22.8. The van der Waals surface area contributed by atoms with E-state index in [0.717, 1.165) is 0 Å². The van der Waals surface area contributed by atoms with Crippen molar-refractivity contribution < 1.29 is 39.7 Å². The fourth-order valence-electron chi connectivity index (χ4n) is 0. The van der Waals surface area contributed by atoms with Gasteiger partial charge in [-0.05, 0) is 12.5 Å². The molecule has 0 atom stereocenters. The van der Waals surface area contributed by atoms with Gasteiger partial charge in [-0.15, -0.1) is 12.4 Å². The van der Waals surface area contributed by atoms with E-state index in [1.165, 1.54) is 6.92 Å². The largest absolute Gasteiger partial charge is 2.00 e. The minimum atomic E-state index is -1.19. The molecule has 0 rings (SSSR count). The van der Waals surface area contributed by atoms with Crippen molar-refractivity contribution >= 4 is 18.4 Å². The number of hydrogen-bond donors (Lipinski definition) is 0. The van der Waals surface area contributed by atoms with Crippen LogP contribution in [0.3, 0.4) is 0 Å². The van der Waals surface area contributed by atoms with Crippen LogP contribution in [0, 0.1) is 0 Å². The third-order valence-corrected chi connectivity index (χ3v) is 0.348. The van der Waals surface area contributed by atoms with Gasteiger partial charge in [0.25, 0.3) is 0 Å². The van der Waals surface area contributed by atoms with E-state index >= 15 is 0 Å². The minimum Gasteiger partial charge on any atom is -1.00 e. The zero-order valence-corrected chi connectivity index (χ0v) is 7.57. The number of hydrogen-bond acceptors (Lipinski definition) is 2. The molecule has 0 aromatic carbocycles. The molecule has 0 radical (unpaired) electrons. The van der Waals surface area contributed by atoms with Crippen molar-refractivity contribution in [2.24, 2.45) is 0 Å². The molecule has 0 amide bonds. The Hall–Kier alpha value is 0.322. The van der Waals surface area contributed by atoms with E-state index in [0.29, 0.717) is 0 Å². The van der Waals surface area contributed by atoms with Crippen LogP contribution in [0.2, 0.25) is 0 Å². The van der Waals surface area contributed by atoms with Gasteiger partial charge >= 0.3 is 17.4 Å². The van der Waals surface area contributed by atoms with Crippen LogP contribution in [0.15, 0.2) is 12.2 Å². The van der Waals surface area contributed by atoms with Gasteiger partial charge in [-0.3, -0.25) is 0 Å². The molecule has 0 heterocycles. The van der Waals surface area contributed by atoms with E-state index in [2.05, 4.69) is 6.58 Å². The maximum atomic E-state index is 9.49. The fourth-order valence-corrected chi connectivity index (χ4v) is 0. The molecule has 0 unspecified atom stereocenters. The molecule has 0 saturated carbocycles. The molecule has 0 N–H and O–H groups in total. The second-order valence-corrected chi connectivity index (χ2v) is 1.07. The maximum absolute atomic E-state index is 9.49. The molecule has 2 nitrogen and oxygen atoms in total. The first-order valence-corrected chi connectivity index (χ1v) is 1.51. The predicted octanol–water partition coefficient (Wildman–Crippen LogP) is -3.26. The summed E-state index contributed by atoms with van der Waals surface area (Å²) in [5.74, 6) is -1.19. The Labute approximate surface area is 77.3 Å². The van der Waals surface area contributed by atoms with E-state index in [4.69, 9.17) is 0 Å². The third kappa shape index (κ3) is 17.8. The van der Waals surface area contributed by atoms with E-state index in [-0.39, 0.29) is 47.7 Å². The molecule has 0 saturated heterocycles. The van der Waals surface area contributed by atoms with Gasteiger partial charge in [-0.1, -0.05) is 6.58 Å². The third-order valence-electron chi connectivity index (χ3n) is 0.348. The Balaban J connectivity index is -0.0000000417. The number of carboxylic acid groups (broad SMARTS) is 1. The van der Waals surface area contributed by atoms with Crippen molar-refractivity contribution in [1.82, 2.24) is 0 Å². The van der Waals surface area contributed by atoms with Crippen LogP contribution in [-0.2, 0) is 22.2 Å². The summed E-state index contributed by atoms with van der Waals surface area (Å²) >= 11 is 0. The van der Waals surface area contributed by atoms with Crippen LogP contribution in [-0.4, -0.2) is 5.97 Å². The minimum absolute atomic E-state index is 0. The van der Waals surface area contributed by atoms with Gasteiger partial charge in [0.2, 0.25) is 0 Å². The number of carbonyl (C=O) groups is 1. The average molecular weight is 209 g/mol. The molecular weight excluding hydrogens is 203 g/mol.